The van der Waals surface area contributed by atoms with Gasteiger partial charge in [-0.2, -0.15) is 0 Å². The second-order valence-corrected chi connectivity index (χ2v) is 26.9. The van der Waals surface area contributed by atoms with E-state index < -0.39 is 99.1 Å². The van der Waals surface area contributed by atoms with Gasteiger partial charge < -0.3 is 5.11 Å². The van der Waals surface area contributed by atoms with Crippen molar-refractivity contribution >= 4 is 24.3 Å². The van der Waals surface area contributed by atoms with Gasteiger partial charge >= 0.3 is 0 Å². The van der Waals surface area contributed by atoms with Gasteiger partial charge in [-0.3, -0.25) is 9.55 Å². The first-order valence-corrected chi connectivity index (χ1v) is 27.5. The molecule has 0 saturated carbocycles. The van der Waals surface area contributed by atoms with Crippen molar-refractivity contribution in [1.29, 1.82) is 0 Å². The summed E-state index contributed by atoms with van der Waals surface area (Å²) in [5, 5.41) is 14.6. The molecule has 0 radical (unpaired) electrons. The number of hydrogen-bond donors (Lipinski definition) is 1. The molecule has 73 heavy (non-hydrogen) atoms. The number of para-hydroxylation sites is 1. The molecular formula is C67H72N3OPtSi-. The van der Waals surface area contributed by atoms with Crippen molar-refractivity contribution in [2.45, 2.75) is 124 Å². The quantitative estimate of drug-likeness (QED) is 0.122. The van der Waals surface area contributed by atoms with Gasteiger partial charge in [0.15, 0.2) is 0 Å². The van der Waals surface area contributed by atoms with Crippen LogP contribution in [0, 0.1) is 6.07 Å². The zero-order chi connectivity index (χ0) is 68.4. The van der Waals surface area contributed by atoms with E-state index in [0.29, 0.717) is 56.1 Å². The van der Waals surface area contributed by atoms with Crippen molar-refractivity contribution in [3.8, 4) is 78.6 Å². The summed E-state index contributed by atoms with van der Waals surface area (Å²) in [4.78, 5) is 10.0. The number of nitrogens with zero attached hydrogens (tertiary/aromatic N) is 3. The number of rotatable bonds is 8. The molecule has 0 aliphatic rings. The number of pyridine rings is 1. The van der Waals surface area contributed by atoms with Gasteiger partial charge in [-0.05, 0) is 85.3 Å². The number of aromatic nitrogens is 3. The molecule has 4 nitrogen and oxygen atoms in total. The van der Waals surface area contributed by atoms with Crippen LogP contribution in [0.25, 0.3) is 83.9 Å². The van der Waals surface area contributed by atoms with E-state index in [1.165, 1.54) is 11.4 Å². The molecule has 6 heteroatoms. The fourth-order valence-corrected chi connectivity index (χ4v) is 10.2. The van der Waals surface area contributed by atoms with E-state index >= 15 is 0 Å². The predicted octanol–water partition coefficient (Wildman–Crippen LogP) is 17.7. The Kier molecular flexibility index (Phi) is 8.85. The molecule has 0 unspecified atom stereocenters. The minimum Gasteiger partial charge on any atom is -0.507 e. The Hall–Kier alpha value is -6.13. The summed E-state index contributed by atoms with van der Waals surface area (Å²) in [5.41, 5.74) is -6.51. The fraction of sp³-hybridized carbons (Fsp3) is 0.284. The van der Waals surface area contributed by atoms with Gasteiger partial charge in [0.25, 0.3) is 0 Å². The third-order valence-corrected chi connectivity index (χ3v) is 15.3. The van der Waals surface area contributed by atoms with Gasteiger partial charge in [0, 0.05) is 74.3 Å². The van der Waals surface area contributed by atoms with Crippen molar-refractivity contribution < 1.29 is 53.6 Å². The van der Waals surface area contributed by atoms with Crippen LogP contribution in [0.1, 0.15) is 132 Å². The van der Waals surface area contributed by atoms with E-state index in [0.717, 1.165) is 17.2 Å². The summed E-state index contributed by atoms with van der Waals surface area (Å²) < 4.78 is 181. The molecule has 0 saturated heterocycles. The summed E-state index contributed by atoms with van der Waals surface area (Å²) >= 11 is 0. The second kappa shape index (κ2) is 19.6. The van der Waals surface area contributed by atoms with Gasteiger partial charge in [0.2, 0.25) is 0 Å². The summed E-state index contributed by atoms with van der Waals surface area (Å²) in [5.74, 6) is -1.88. The molecule has 0 aliphatic heterocycles. The summed E-state index contributed by atoms with van der Waals surface area (Å²) in [6, 6.07) is 43.3. The molecule has 0 fully saturated rings. The Morgan fingerprint density at radius 3 is 1.67 bits per heavy atom. The summed E-state index contributed by atoms with van der Waals surface area (Å²) in [6.07, 6.45) is 1.38. The first-order valence-electron chi connectivity index (χ1n) is 34.0. The van der Waals surface area contributed by atoms with E-state index in [4.69, 9.17) is 36.0 Å². The third-order valence-electron chi connectivity index (χ3n) is 13.2. The monoisotopic (exact) mass is 1180 g/mol. The number of phenols is 1. The molecule has 2 heterocycles. The van der Waals surface area contributed by atoms with Crippen molar-refractivity contribution in [2.75, 3.05) is 0 Å². The maximum absolute atomic E-state index is 13.4. The molecule has 0 spiro atoms. The largest absolute Gasteiger partial charge is 0.507 e. The standard InChI is InChI=1S/C67H72N3OSi.Pt/c1-64(2,3)49-36-47(35-48(37-49)58-38-46(33-34-68-58)43-29-31-52(32-30-43)72(13,14)15)53-27-22-28-59-60(53)69-63(56-41-51(66(7,8)9)42-57(62(56)71)67(10,11)12)70(59)61-54(44-23-18-16-19-24-44)39-50(65(4,5)6)40-55(61)45-25-20-17-21-26-45;/h16-34,36-42,71H,1-15H3;/q-1;/i7D3,8D3,9D3,10D3,11D3,12D3,33D,38D;. The maximum atomic E-state index is 13.4. The topological polar surface area (TPSA) is 50.9 Å². The van der Waals surface area contributed by atoms with E-state index in [9.17, 15) is 6.48 Å². The second-order valence-electron chi connectivity index (χ2n) is 21.8. The number of aromatic hydroxyl groups is 1. The van der Waals surface area contributed by atoms with Crippen LogP contribution in [-0.2, 0) is 42.7 Å². The molecule has 9 rings (SSSR count). The van der Waals surface area contributed by atoms with Crippen LogP contribution in [0.15, 0.2) is 158 Å². The Balaban J connectivity index is 0.0000111. The number of fused-ring (bicyclic) bond motifs is 1. The van der Waals surface area contributed by atoms with Crippen molar-refractivity contribution in [3.05, 3.63) is 186 Å². The van der Waals surface area contributed by atoms with Crippen molar-refractivity contribution in [3.63, 3.8) is 0 Å². The van der Waals surface area contributed by atoms with Crippen LogP contribution in [-0.4, -0.2) is 27.7 Å². The predicted molar refractivity (Wildman–Crippen MR) is 310 cm³/mol. The summed E-state index contributed by atoms with van der Waals surface area (Å²) in [7, 11) is -1.74. The van der Waals surface area contributed by atoms with Crippen LogP contribution in [0.5, 0.6) is 5.75 Å². The van der Waals surface area contributed by atoms with Gasteiger partial charge in [-0.25, -0.2) is 4.98 Å². The van der Waals surface area contributed by atoms with Crippen LogP contribution in [0.3, 0.4) is 0 Å². The molecule has 0 bridgehead atoms. The molecule has 0 atom stereocenters. The molecule has 0 aliphatic carbocycles. The maximum Gasteiger partial charge on any atom is 0.148 e. The molecule has 376 valence electrons. The van der Waals surface area contributed by atoms with Crippen LogP contribution >= 0.6 is 0 Å². The zero-order valence-electron chi connectivity index (χ0n) is 62.5. The summed E-state index contributed by atoms with van der Waals surface area (Å²) in [6.45, 7) is -6.19. The molecule has 0 amide bonds. The normalized spacial score (nSPS) is 17.6. The van der Waals surface area contributed by atoms with Crippen molar-refractivity contribution in [2.24, 2.45) is 0 Å². The number of imidazole rings is 1. The van der Waals surface area contributed by atoms with Crippen molar-refractivity contribution in [1.82, 2.24) is 14.5 Å². The van der Waals surface area contributed by atoms with E-state index in [1.54, 1.807) is 22.8 Å². The fourth-order valence-electron chi connectivity index (χ4n) is 9.07. The first kappa shape index (κ1) is 32.9. The first-order chi connectivity index (χ1) is 42.1. The molecular weight excluding hydrogens is 1090 g/mol. The number of benzene rings is 7. The molecule has 9 aromatic rings. The Morgan fingerprint density at radius 1 is 0.562 bits per heavy atom. The average molecular weight is 1180 g/mol. The van der Waals surface area contributed by atoms with Gasteiger partial charge in [-0.15, -0.1) is 29.3 Å². The SMILES string of the molecule is [2H]c1cnc(-c2[c-]c(-c3cccc4c3nc(-c3cc(C(C([2H])([2H])[2H])(C([2H])([2H])[2H])C([2H])([2H])[2H])cc(C(C([2H])([2H])[2H])(C([2H])([2H])[2H])C([2H])([2H])[2H])c3O)n4-c3c(-c4ccccc4)cc(C(C)(C)C)cc3-c3ccccc3)cc(C(C)(C)C)c2)c([2H])c1-c1ccc([Si](C)(C)C)cc1.[Pt]. The smallest absolute Gasteiger partial charge is 0.148 e. The molecule has 1 N–H and O–H groups in total. The van der Waals surface area contributed by atoms with Crippen LogP contribution in [0.4, 0.5) is 0 Å². The zero-order valence-corrected chi connectivity index (χ0v) is 45.7. The minimum atomic E-state index is -4.20. The average Bonchev–Trinajstić information content (AvgIpc) is 1.24. The van der Waals surface area contributed by atoms with Gasteiger partial charge in [0.1, 0.15) is 11.6 Å². The Labute approximate surface area is 479 Å². The van der Waals surface area contributed by atoms with E-state index in [2.05, 4.69) is 25.7 Å². The van der Waals surface area contributed by atoms with E-state index in [1.807, 2.05) is 151 Å². The van der Waals surface area contributed by atoms with Gasteiger partial charge in [-0.1, -0.05) is 228 Å². The van der Waals surface area contributed by atoms with Gasteiger partial charge in [0.05, 0.1) is 33.1 Å². The molecule has 2 aromatic heterocycles. The third kappa shape index (κ3) is 10.8. The number of phenolic OH excluding ortho intramolecular Hbond substituents is 1. The Morgan fingerprint density at radius 2 is 1.11 bits per heavy atom. The van der Waals surface area contributed by atoms with Crippen LogP contribution in [0.2, 0.25) is 19.6 Å². The van der Waals surface area contributed by atoms with E-state index in [-0.39, 0.29) is 55.6 Å². The Bertz CT molecular complexity index is 4150. The minimum absolute atomic E-state index is 0. The van der Waals surface area contributed by atoms with Crippen LogP contribution < -0.4 is 5.19 Å². The number of hydrogen-bond acceptors (Lipinski definition) is 3. The molecule has 7 aromatic carbocycles.